The standard InChI is InChI=1S/C22H25FN4O3/c1-14-8-9-16(11-20(14)25-15(2)28)21(29)27-22(24-13-19-7-4-10-30-19)26-18-6-3-5-17(23)12-18/h3,5-6,8-9,11-12,19H,4,7,10,13H2,1-2H3,(H,25,28)(H2,24,26,27,29)/t19-/m1/s1. The van der Waals surface area contributed by atoms with Gasteiger partial charge in [0.25, 0.3) is 5.91 Å². The lowest BCUT2D eigenvalue weighted by Crippen LogP contribution is -2.36. The lowest BCUT2D eigenvalue weighted by molar-refractivity contribution is -0.114. The summed E-state index contributed by atoms with van der Waals surface area (Å²) in [6.45, 7) is 4.33. The number of ether oxygens (including phenoxy) is 1. The van der Waals surface area contributed by atoms with E-state index in [0.717, 1.165) is 18.4 Å². The fourth-order valence-corrected chi connectivity index (χ4v) is 3.06. The van der Waals surface area contributed by atoms with Crippen LogP contribution in [-0.4, -0.2) is 37.0 Å². The number of nitrogens with one attached hydrogen (secondary N) is 3. The average molecular weight is 412 g/mol. The number of anilines is 2. The van der Waals surface area contributed by atoms with Gasteiger partial charge < -0.3 is 15.4 Å². The number of aliphatic imine (C=N–C) groups is 1. The first-order valence-corrected chi connectivity index (χ1v) is 9.79. The van der Waals surface area contributed by atoms with Gasteiger partial charge in [0.15, 0.2) is 0 Å². The van der Waals surface area contributed by atoms with E-state index in [2.05, 4.69) is 20.9 Å². The Bertz CT molecular complexity index is 955. The van der Waals surface area contributed by atoms with Gasteiger partial charge in [0.05, 0.1) is 12.6 Å². The van der Waals surface area contributed by atoms with E-state index in [1.54, 1.807) is 30.3 Å². The zero-order chi connectivity index (χ0) is 21.5. The zero-order valence-electron chi connectivity index (χ0n) is 17.0. The molecule has 30 heavy (non-hydrogen) atoms. The van der Waals surface area contributed by atoms with Crippen molar-refractivity contribution in [3.05, 3.63) is 59.4 Å². The minimum atomic E-state index is -0.406. The molecule has 7 nitrogen and oxygen atoms in total. The maximum Gasteiger partial charge on any atom is 0.258 e. The molecule has 158 valence electrons. The van der Waals surface area contributed by atoms with E-state index in [9.17, 15) is 14.0 Å². The van der Waals surface area contributed by atoms with Crippen molar-refractivity contribution in [2.75, 3.05) is 23.8 Å². The molecule has 2 amide bonds. The SMILES string of the molecule is CC(=O)Nc1cc(C(=O)NC(=NC[C@H]2CCCO2)Nc2cccc(F)c2)ccc1C. The quantitative estimate of drug-likeness (QED) is 0.518. The number of nitrogens with zero attached hydrogens (tertiary/aromatic N) is 1. The van der Waals surface area contributed by atoms with Crippen LogP contribution in [0.3, 0.4) is 0 Å². The van der Waals surface area contributed by atoms with Crippen LogP contribution in [0.5, 0.6) is 0 Å². The van der Waals surface area contributed by atoms with Crippen LogP contribution in [0, 0.1) is 12.7 Å². The van der Waals surface area contributed by atoms with Crippen LogP contribution in [-0.2, 0) is 9.53 Å². The smallest absolute Gasteiger partial charge is 0.258 e. The van der Waals surface area contributed by atoms with Crippen molar-refractivity contribution >= 4 is 29.1 Å². The highest BCUT2D eigenvalue weighted by atomic mass is 19.1. The predicted octanol–water partition coefficient (Wildman–Crippen LogP) is 3.47. The second kappa shape index (κ2) is 9.98. The molecule has 2 aromatic rings. The second-order valence-electron chi connectivity index (χ2n) is 7.12. The summed E-state index contributed by atoms with van der Waals surface area (Å²) >= 11 is 0. The number of hydrogen-bond acceptors (Lipinski definition) is 4. The van der Waals surface area contributed by atoms with Crippen molar-refractivity contribution in [3.63, 3.8) is 0 Å². The van der Waals surface area contributed by atoms with Gasteiger partial charge in [0, 0.05) is 30.5 Å². The summed E-state index contributed by atoms with van der Waals surface area (Å²) in [7, 11) is 0. The van der Waals surface area contributed by atoms with Crippen LogP contribution in [0.1, 0.15) is 35.7 Å². The Morgan fingerprint density at radius 3 is 2.73 bits per heavy atom. The Morgan fingerprint density at radius 1 is 1.20 bits per heavy atom. The number of hydrogen-bond donors (Lipinski definition) is 3. The van der Waals surface area contributed by atoms with Crippen molar-refractivity contribution in [2.45, 2.75) is 32.8 Å². The van der Waals surface area contributed by atoms with Gasteiger partial charge in [0.2, 0.25) is 11.9 Å². The number of amides is 2. The van der Waals surface area contributed by atoms with Crippen molar-refractivity contribution in [1.82, 2.24) is 5.32 Å². The van der Waals surface area contributed by atoms with E-state index in [1.165, 1.54) is 19.1 Å². The molecule has 1 heterocycles. The number of rotatable bonds is 5. The van der Waals surface area contributed by atoms with Crippen LogP contribution < -0.4 is 16.0 Å². The van der Waals surface area contributed by atoms with Gasteiger partial charge in [-0.05, 0) is 55.7 Å². The molecule has 2 aromatic carbocycles. The molecule has 3 rings (SSSR count). The number of halogens is 1. The summed E-state index contributed by atoms with van der Waals surface area (Å²) in [4.78, 5) is 28.6. The van der Waals surface area contributed by atoms with Crippen LogP contribution in [0.15, 0.2) is 47.5 Å². The first kappa shape index (κ1) is 21.4. The average Bonchev–Trinajstić information content (AvgIpc) is 3.21. The van der Waals surface area contributed by atoms with Gasteiger partial charge in [-0.3, -0.25) is 14.9 Å². The maximum atomic E-state index is 13.5. The van der Waals surface area contributed by atoms with Crippen LogP contribution in [0.4, 0.5) is 15.8 Å². The van der Waals surface area contributed by atoms with E-state index < -0.39 is 11.7 Å². The van der Waals surface area contributed by atoms with E-state index >= 15 is 0 Å². The summed E-state index contributed by atoms with van der Waals surface area (Å²) in [5.41, 5.74) is 2.22. The third kappa shape index (κ3) is 6.12. The van der Waals surface area contributed by atoms with E-state index in [1.807, 2.05) is 6.92 Å². The topological polar surface area (TPSA) is 91.8 Å². The molecule has 0 aliphatic carbocycles. The van der Waals surface area contributed by atoms with Gasteiger partial charge in [-0.25, -0.2) is 9.38 Å². The molecule has 0 bridgehead atoms. The van der Waals surface area contributed by atoms with Gasteiger partial charge in [-0.2, -0.15) is 0 Å². The molecule has 0 saturated carbocycles. The van der Waals surface area contributed by atoms with E-state index in [-0.39, 0.29) is 18.0 Å². The molecule has 3 N–H and O–H groups in total. The predicted molar refractivity (Wildman–Crippen MR) is 114 cm³/mol. The Labute approximate surface area is 174 Å². The Kier molecular flexibility index (Phi) is 7.13. The fraction of sp³-hybridized carbons (Fsp3) is 0.318. The number of guanidine groups is 1. The minimum Gasteiger partial charge on any atom is -0.376 e. The van der Waals surface area contributed by atoms with E-state index in [4.69, 9.17) is 4.74 Å². The third-order valence-corrected chi connectivity index (χ3v) is 4.61. The molecule has 0 spiro atoms. The van der Waals surface area contributed by atoms with Gasteiger partial charge in [0.1, 0.15) is 5.82 Å². The highest BCUT2D eigenvalue weighted by Gasteiger charge is 2.16. The second-order valence-corrected chi connectivity index (χ2v) is 7.12. The number of aryl methyl sites for hydroxylation is 1. The molecular formula is C22H25FN4O3. The Morgan fingerprint density at radius 2 is 2.03 bits per heavy atom. The monoisotopic (exact) mass is 412 g/mol. The molecule has 1 aliphatic rings. The molecule has 8 heteroatoms. The molecular weight excluding hydrogens is 387 g/mol. The summed E-state index contributed by atoms with van der Waals surface area (Å²) in [5, 5.41) is 8.40. The highest BCUT2D eigenvalue weighted by Crippen LogP contribution is 2.17. The maximum absolute atomic E-state index is 13.5. The van der Waals surface area contributed by atoms with Crippen LogP contribution >= 0.6 is 0 Å². The van der Waals surface area contributed by atoms with Crippen LogP contribution in [0.25, 0.3) is 0 Å². The van der Waals surface area contributed by atoms with Crippen LogP contribution in [0.2, 0.25) is 0 Å². The van der Waals surface area contributed by atoms with Gasteiger partial charge in [-0.1, -0.05) is 12.1 Å². The number of benzene rings is 2. The Hall–Kier alpha value is -3.26. The van der Waals surface area contributed by atoms with Gasteiger partial charge in [-0.15, -0.1) is 0 Å². The summed E-state index contributed by atoms with van der Waals surface area (Å²) in [6.07, 6.45) is 1.88. The molecule has 0 unspecified atom stereocenters. The third-order valence-electron chi connectivity index (χ3n) is 4.61. The zero-order valence-corrected chi connectivity index (χ0v) is 17.0. The molecule has 1 fully saturated rings. The number of carbonyl (C=O) groups is 2. The van der Waals surface area contributed by atoms with E-state index in [0.29, 0.717) is 30.1 Å². The molecule has 1 aliphatic heterocycles. The fourth-order valence-electron chi connectivity index (χ4n) is 3.06. The highest BCUT2D eigenvalue weighted by molar-refractivity contribution is 6.10. The molecule has 1 atom stereocenters. The summed E-state index contributed by atoms with van der Waals surface area (Å²) < 4.78 is 19.1. The van der Waals surface area contributed by atoms with Crippen molar-refractivity contribution in [3.8, 4) is 0 Å². The van der Waals surface area contributed by atoms with Crippen molar-refractivity contribution in [2.24, 2.45) is 4.99 Å². The van der Waals surface area contributed by atoms with Crippen molar-refractivity contribution in [1.29, 1.82) is 0 Å². The molecule has 0 aromatic heterocycles. The van der Waals surface area contributed by atoms with Crippen molar-refractivity contribution < 1.29 is 18.7 Å². The minimum absolute atomic E-state index is 0.00282. The summed E-state index contributed by atoms with van der Waals surface area (Å²) in [5.74, 6) is -0.829. The molecule has 0 radical (unpaired) electrons. The normalized spacial score (nSPS) is 16.2. The Balaban J connectivity index is 1.78. The largest absolute Gasteiger partial charge is 0.376 e. The lowest BCUT2D eigenvalue weighted by atomic mass is 10.1. The first-order valence-electron chi connectivity index (χ1n) is 9.79. The molecule has 1 saturated heterocycles. The first-order chi connectivity index (χ1) is 14.4. The number of carbonyl (C=O) groups excluding carboxylic acids is 2. The van der Waals surface area contributed by atoms with Gasteiger partial charge >= 0.3 is 0 Å². The lowest BCUT2D eigenvalue weighted by Gasteiger charge is -2.14. The summed E-state index contributed by atoms with van der Waals surface area (Å²) in [6, 6.07) is 10.9.